The summed E-state index contributed by atoms with van der Waals surface area (Å²) in [5.74, 6) is 6.05. The molecule has 1 aromatic rings. The van der Waals surface area contributed by atoms with E-state index in [0.717, 1.165) is 31.6 Å². The molecule has 0 radical (unpaired) electrons. The van der Waals surface area contributed by atoms with Crippen LogP contribution in [0.3, 0.4) is 0 Å². The first-order valence-corrected chi connectivity index (χ1v) is 5.81. The van der Waals surface area contributed by atoms with Gasteiger partial charge in [-0.05, 0) is 24.5 Å². The number of hydrogen-bond donors (Lipinski definition) is 2. The summed E-state index contributed by atoms with van der Waals surface area (Å²) in [5.41, 5.74) is 3.94. The zero-order valence-corrected chi connectivity index (χ0v) is 9.78. The van der Waals surface area contributed by atoms with E-state index in [4.69, 9.17) is 22.2 Å². The maximum Gasteiger partial charge on any atom is 0.0621 e. The summed E-state index contributed by atoms with van der Waals surface area (Å²) < 4.78 is 5.37. The first-order chi connectivity index (χ1) is 7.81. The highest BCUT2D eigenvalue weighted by Crippen LogP contribution is 2.22. The van der Waals surface area contributed by atoms with Crippen LogP contribution in [-0.4, -0.2) is 24.2 Å². The molecule has 1 aliphatic heterocycles. The number of ether oxygens (including phenoxy) is 1. The van der Waals surface area contributed by atoms with Crippen LogP contribution in [0, 0.1) is 5.92 Å². The minimum atomic E-state index is 0.211. The second-order valence-corrected chi connectivity index (χ2v) is 4.48. The van der Waals surface area contributed by atoms with Crippen LogP contribution in [0.15, 0.2) is 18.5 Å². The van der Waals surface area contributed by atoms with Gasteiger partial charge in [-0.3, -0.25) is 16.3 Å². The SMILES string of the molecule is NNC(Cc1ccncc1Cl)C1CCOC1. The minimum Gasteiger partial charge on any atom is -0.381 e. The van der Waals surface area contributed by atoms with Crippen LogP contribution >= 0.6 is 11.6 Å². The Labute approximate surface area is 100 Å². The summed E-state index contributed by atoms with van der Waals surface area (Å²) in [7, 11) is 0. The van der Waals surface area contributed by atoms with E-state index in [2.05, 4.69) is 10.4 Å². The second-order valence-electron chi connectivity index (χ2n) is 4.07. The van der Waals surface area contributed by atoms with Crippen LogP contribution in [0.1, 0.15) is 12.0 Å². The monoisotopic (exact) mass is 241 g/mol. The van der Waals surface area contributed by atoms with E-state index in [9.17, 15) is 0 Å². The maximum absolute atomic E-state index is 6.07. The van der Waals surface area contributed by atoms with Gasteiger partial charge >= 0.3 is 0 Å². The van der Waals surface area contributed by atoms with Crippen molar-refractivity contribution in [3.63, 3.8) is 0 Å². The summed E-state index contributed by atoms with van der Waals surface area (Å²) in [4.78, 5) is 3.97. The molecule has 0 spiro atoms. The second kappa shape index (κ2) is 5.59. The first-order valence-electron chi connectivity index (χ1n) is 5.43. The highest BCUT2D eigenvalue weighted by atomic mass is 35.5. The van der Waals surface area contributed by atoms with Crippen LogP contribution in [-0.2, 0) is 11.2 Å². The highest BCUT2D eigenvalue weighted by Gasteiger charge is 2.25. The number of pyridine rings is 1. The van der Waals surface area contributed by atoms with Crippen molar-refractivity contribution in [2.45, 2.75) is 18.9 Å². The van der Waals surface area contributed by atoms with Crippen LogP contribution in [0.4, 0.5) is 0 Å². The predicted octanol–water partition coefficient (Wildman–Crippen LogP) is 1.15. The lowest BCUT2D eigenvalue weighted by atomic mass is 9.94. The number of halogens is 1. The Morgan fingerprint density at radius 1 is 1.69 bits per heavy atom. The van der Waals surface area contributed by atoms with Crippen molar-refractivity contribution in [1.29, 1.82) is 0 Å². The molecule has 1 aliphatic rings. The Hall–Kier alpha value is -0.680. The molecule has 2 rings (SSSR count). The summed E-state index contributed by atoms with van der Waals surface area (Å²) in [6.45, 7) is 1.60. The molecule has 0 aromatic carbocycles. The molecule has 3 N–H and O–H groups in total. The molecule has 2 heterocycles. The van der Waals surface area contributed by atoms with Gasteiger partial charge in [0.05, 0.1) is 11.6 Å². The number of nitrogens with one attached hydrogen (secondary N) is 1. The molecule has 5 heteroatoms. The maximum atomic E-state index is 6.07. The number of hydrazine groups is 1. The van der Waals surface area contributed by atoms with Crippen LogP contribution in [0.2, 0.25) is 5.02 Å². The molecule has 16 heavy (non-hydrogen) atoms. The fourth-order valence-corrected chi connectivity index (χ4v) is 2.23. The summed E-state index contributed by atoms with van der Waals surface area (Å²) in [6.07, 6.45) is 5.28. The van der Waals surface area contributed by atoms with Crippen molar-refractivity contribution in [1.82, 2.24) is 10.4 Å². The van der Waals surface area contributed by atoms with Gasteiger partial charge in [-0.1, -0.05) is 11.6 Å². The third-order valence-corrected chi connectivity index (χ3v) is 3.38. The normalized spacial score (nSPS) is 22.2. The zero-order chi connectivity index (χ0) is 11.4. The van der Waals surface area contributed by atoms with Gasteiger partial charge < -0.3 is 4.74 Å². The summed E-state index contributed by atoms with van der Waals surface area (Å²) >= 11 is 6.07. The van der Waals surface area contributed by atoms with Crippen molar-refractivity contribution in [2.24, 2.45) is 11.8 Å². The fourth-order valence-electron chi connectivity index (χ4n) is 2.04. The molecule has 0 saturated carbocycles. The van der Waals surface area contributed by atoms with E-state index >= 15 is 0 Å². The van der Waals surface area contributed by atoms with Crippen molar-refractivity contribution in [2.75, 3.05) is 13.2 Å². The van der Waals surface area contributed by atoms with Gasteiger partial charge in [0.25, 0.3) is 0 Å². The Morgan fingerprint density at radius 3 is 3.19 bits per heavy atom. The Kier molecular flexibility index (Phi) is 4.12. The standard InChI is InChI=1S/C11H16ClN3O/c12-10-6-14-3-1-8(10)5-11(15-13)9-2-4-16-7-9/h1,3,6,9,11,15H,2,4-5,7,13H2. The predicted molar refractivity (Wildman–Crippen MR) is 63.0 cm³/mol. The Bertz CT molecular complexity index is 342. The molecular formula is C11H16ClN3O. The van der Waals surface area contributed by atoms with E-state index in [1.165, 1.54) is 0 Å². The third kappa shape index (κ3) is 2.71. The topological polar surface area (TPSA) is 60.2 Å². The van der Waals surface area contributed by atoms with E-state index in [0.29, 0.717) is 10.9 Å². The quantitative estimate of drug-likeness (QED) is 0.613. The summed E-state index contributed by atoms with van der Waals surface area (Å²) in [5, 5.41) is 0.696. The van der Waals surface area contributed by atoms with Crippen LogP contribution < -0.4 is 11.3 Å². The van der Waals surface area contributed by atoms with E-state index in [-0.39, 0.29) is 6.04 Å². The molecule has 4 nitrogen and oxygen atoms in total. The molecule has 1 fully saturated rings. The Morgan fingerprint density at radius 2 is 2.56 bits per heavy atom. The molecular weight excluding hydrogens is 226 g/mol. The van der Waals surface area contributed by atoms with Gasteiger partial charge in [0, 0.05) is 31.0 Å². The average molecular weight is 242 g/mol. The first kappa shape index (κ1) is 11.8. The number of rotatable bonds is 4. The molecule has 1 aromatic heterocycles. The number of nitrogens with zero attached hydrogens (tertiary/aromatic N) is 1. The van der Waals surface area contributed by atoms with E-state index in [1.807, 2.05) is 6.07 Å². The molecule has 0 amide bonds. The summed E-state index contributed by atoms with van der Waals surface area (Å²) in [6, 6.07) is 2.14. The van der Waals surface area contributed by atoms with Gasteiger partial charge in [0.2, 0.25) is 0 Å². The third-order valence-electron chi connectivity index (χ3n) is 3.04. The van der Waals surface area contributed by atoms with Crippen molar-refractivity contribution in [3.05, 3.63) is 29.0 Å². The van der Waals surface area contributed by atoms with Gasteiger partial charge in [-0.15, -0.1) is 0 Å². The van der Waals surface area contributed by atoms with Gasteiger partial charge in [0.15, 0.2) is 0 Å². The van der Waals surface area contributed by atoms with Crippen LogP contribution in [0.5, 0.6) is 0 Å². The zero-order valence-electron chi connectivity index (χ0n) is 9.03. The van der Waals surface area contributed by atoms with Crippen LogP contribution in [0.25, 0.3) is 0 Å². The molecule has 88 valence electrons. The average Bonchev–Trinajstić information content (AvgIpc) is 2.81. The van der Waals surface area contributed by atoms with Crippen molar-refractivity contribution < 1.29 is 4.74 Å². The molecule has 2 unspecified atom stereocenters. The highest BCUT2D eigenvalue weighted by molar-refractivity contribution is 6.31. The van der Waals surface area contributed by atoms with Gasteiger partial charge in [-0.2, -0.15) is 0 Å². The van der Waals surface area contributed by atoms with E-state index in [1.54, 1.807) is 12.4 Å². The number of hydrogen-bond acceptors (Lipinski definition) is 4. The molecule has 0 aliphatic carbocycles. The van der Waals surface area contributed by atoms with E-state index < -0.39 is 0 Å². The number of nitrogens with two attached hydrogens (primary N) is 1. The minimum absolute atomic E-state index is 0.211. The Balaban J connectivity index is 2.03. The number of aromatic nitrogens is 1. The lowest BCUT2D eigenvalue weighted by molar-refractivity contribution is 0.176. The lowest BCUT2D eigenvalue weighted by Crippen LogP contribution is -2.42. The molecule has 0 bridgehead atoms. The van der Waals surface area contributed by atoms with Crippen molar-refractivity contribution in [3.8, 4) is 0 Å². The molecule has 1 saturated heterocycles. The fraction of sp³-hybridized carbons (Fsp3) is 0.545. The van der Waals surface area contributed by atoms with Crippen molar-refractivity contribution >= 4 is 11.6 Å². The van der Waals surface area contributed by atoms with Gasteiger partial charge in [-0.25, -0.2) is 0 Å². The molecule has 2 atom stereocenters. The lowest BCUT2D eigenvalue weighted by Gasteiger charge is -2.21. The largest absolute Gasteiger partial charge is 0.381 e. The smallest absolute Gasteiger partial charge is 0.0621 e. The van der Waals surface area contributed by atoms with Gasteiger partial charge in [0.1, 0.15) is 0 Å².